The van der Waals surface area contributed by atoms with E-state index in [0.717, 1.165) is 0 Å². The van der Waals surface area contributed by atoms with Crippen LogP contribution in [0.5, 0.6) is 0 Å². The number of nitrogens with one attached hydrogen (secondary N) is 1. The van der Waals surface area contributed by atoms with Crippen LogP contribution in [0.2, 0.25) is 5.02 Å². The summed E-state index contributed by atoms with van der Waals surface area (Å²) in [6, 6.07) is 4.74. The molecule has 2 aromatic rings. The van der Waals surface area contributed by atoms with Crippen molar-refractivity contribution in [2.45, 2.75) is 6.92 Å². The van der Waals surface area contributed by atoms with Crippen LogP contribution in [0.4, 0.5) is 0 Å². The van der Waals surface area contributed by atoms with Gasteiger partial charge in [-0.15, -0.1) is 0 Å². The van der Waals surface area contributed by atoms with Crippen molar-refractivity contribution in [2.75, 3.05) is 6.61 Å². The average molecular weight is 268 g/mol. The van der Waals surface area contributed by atoms with E-state index in [0.29, 0.717) is 15.9 Å². The van der Waals surface area contributed by atoms with Crippen LogP contribution in [0.3, 0.4) is 0 Å². The second-order valence-corrected chi connectivity index (χ2v) is 4.03. The number of carboxylic acid groups (broad SMARTS) is 1. The van der Waals surface area contributed by atoms with Crippen LogP contribution < -0.4 is 0 Å². The van der Waals surface area contributed by atoms with Crippen molar-refractivity contribution in [1.82, 2.24) is 4.98 Å². The number of carboxylic acids is 1. The smallest absolute Gasteiger partial charge is 0.353 e. The molecule has 0 bridgehead atoms. The molecule has 0 fully saturated rings. The van der Waals surface area contributed by atoms with Crippen molar-refractivity contribution >= 4 is 34.4 Å². The molecule has 0 amide bonds. The number of aromatic carboxylic acids is 1. The predicted octanol–water partition coefficient (Wildman–Crippen LogP) is 2.70. The first-order valence-electron chi connectivity index (χ1n) is 5.26. The molecule has 0 unspecified atom stereocenters. The second kappa shape index (κ2) is 4.70. The molecular weight excluding hydrogens is 258 g/mol. The lowest BCUT2D eigenvalue weighted by molar-refractivity contribution is 0.0516. The third kappa shape index (κ3) is 2.04. The minimum atomic E-state index is -1.22. The standard InChI is InChI=1S/C12H10ClNO4/c1-2-18-12(17)9-7-4-3-6(13)5-8(7)14-10(9)11(15)16/h3-5,14H,2H2,1H3,(H,15,16). The maximum atomic E-state index is 11.8. The molecule has 0 atom stereocenters. The van der Waals surface area contributed by atoms with Crippen molar-refractivity contribution in [3.05, 3.63) is 34.5 Å². The average Bonchev–Trinajstić information content (AvgIpc) is 2.67. The van der Waals surface area contributed by atoms with Gasteiger partial charge in [0.15, 0.2) is 0 Å². The number of carbonyl (C=O) groups excluding carboxylic acids is 1. The number of H-pyrrole nitrogens is 1. The van der Waals surface area contributed by atoms with Crippen LogP contribution in [0.15, 0.2) is 18.2 Å². The lowest BCUT2D eigenvalue weighted by atomic mass is 10.1. The molecule has 18 heavy (non-hydrogen) atoms. The van der Waals surface area contributed by atoms with Gasteiger partial charge in [0.05, 0.1) is 12.2 Å². The van der Waals surface area contributed by atoms with Gasteiger partial charge in [0.2, 0.25) is 0 Å². The predicted molar refractivity (Wildman–Crippen MR) is 66.2 cm³/mol. The third-order valence-corrected chi connectivity index (χ3v) is 2.69. The molecule has 0 saturated heterocycles. The molecule has 0 aliphatic heterocycles. The van der Waals surface area contributed by atoms with E-state index in [2.05, 4.69) is 4.98 Å². The molecule has 0 spiro atoms. The summed E-state index contributed by atoms with van der Waals surface area (Å²) in [6.07, 6.45) is 0. The van der Waals surface area contributed by atoms with Crippen LogP contribution in [0.1, 0.15) is 27.8 Å². The van der Waals surface area contributed by atoms with Gasteiger partial charge in [-0.05, 0) is 19.1 Å². The highest BCUT2D eigenvalue weighted by atomic mass is 35.5. The van der Waals surface area contributed by atoms with Crippen LogP contribution in [0.25, 0.3) is 10.9 Å². The molecule has 1 aromatic carbocycles. The fourth-order valence-electron chi connectivity index (χ4n) is 1.75. The summed E-state index contributed by atoms with van der Waals surface area (Å²) in [5, 5.41) is 10.0. The first-order chi connectivity index (χ1) is 8.54. The quantitative estimate of drug-likeness (QED) is 0.838. The SMILES string of the molecule is CCOC(=O)c1c(C(=O)O)[nH]c2cc(Cl)ccc12. The van der Waals surface area contributed by atoms with Gasteiger partial charge in [-0.1, -0.05) is 17.7 Å². The number of hydrogen-bond acceptors (Lipinski definition) is 3. The third-order valence-electron chi connectivity index (χ3n) is 2.45. The van der Waals surface area contributed by atoms with Gasteiger partial charge in [0.25, 0.3) is 0 Å². The highest BCUT2D eigenvalue weighted by Gasteiger charge is 2.23. The van der Waals surface area contributed by atoms with E-state index >= 15 is 0 Å². The zero-order valence-corrected chi connectivity index (χ0v) is 10.2. The summed E-state index contributed by atoms with van der Waals surface area (Å²) >= 11 is 5.82. The molecule has 2 rings (SSSR count). The van der Waals surface area contributed by atoms with E-state index in [-0.39, 0.29) is 17.9 Å². The van der Waals surface area contributed by atoms with Crippen LogP contribution in [0, 0.1) is 0 Å². The first-order valence-corrected chi connectivity index (χ1v) is 5.64. The van der Waals surface area contributed by atoms with Gasteiger partial charge in [-0.2, -0.15) is 0 Å². The van der Waals surface area contributed by atoms with E-state index in [1.165, 1.54) is 0 Å². The van der Waals surface area contributed by atoms with E-state index in [9.17, 15) is 9.59 Å². The number of ether oxygens (including phenoxy) is 1. The normalized spacial score (nSPS) is 10.6. The molecule has 1 heterocycles. The van der Waals surface area contributed by atoms with Gasteiger partial charge in [0.1, 0.15) is 5.69 Å². The molecule has 0 saturated carbocycles. The number of esters is 1. The van der Waals surface area contributed by atoms with E-state index < -0.39 is 11.9 Å². The molecule has 0 radical (unpaired) electrons. The Hall–Kier alpha value is -2.01. The van der Waals surface area contributed by atoms with Crippen LogP contribution in [-0.2, 0) is 4.74 Å². The van der Waals surface area contributed by atoms with Crippen molar-refractivity contribution in [3.8, 4) is 0 Å². The number of carbonyl (C=O) groups is 2. The highest BCUT2D eigenvalue weighted by molar-refractivity contribution is 6.31. The van der Waals surface area contributed by atoms with E-state index in [1.807, 2.05) is 0 Å². The second-order valence-electron chi connectivity index (χ2n) is 3.59. The number of halogens is 1. The number of fused-ring (bicyclic) bond motifs is 1. The Morgan fingerprint density at radius 1 is 1.44 bits per heavy atom. The molecule has 0 aliphatic carbocycles. The Kier molecular flexibility index (Phi) is 3.25. The fraction of sp³-hybridized carbons (Fsp3) is 0.167. The number of aromatic amines is 1. The van der Waals surface area contributed by atoms with Crippen molar-refractivity contribution < 1.29 is 19.4 Å². The summed E-state index contributed by atoms with van der Waals surface area (Å²) < 4.78 is 4.86. The van der Waals surface area contributed by atoms with Crippen molar-refractivity contribution in [2.24, 2.45) is 0 Å². The summed E-state index contributed by atoms with van der Waals surface area (Å²) in [6.45, 7) is 1.84. The number of aromatic nitrogens is 1. The molecule has 6 heteroatoms. The Balaban J connectivity index is 2.70. The van der Waals surface area contributed by atoms with Crippen molar-refractivity contribution in [3.63, 3.8) is 0 Å². The summed E-state index contributed by atoms with van der Waals surface area (Å²) in [5.74, 6) is -1.88. The number of benzene rings is 1. The summed E-state index contributed by atoms with van der Waals surface area (Å²) in [7, 11) is 0. The Morgan fingerprint density at radius 2 is 2.17 bits per heavy atom. The largest absolute Gasteiger partial charge is 0.477 e. The van der Waals surface area contributed by atoms with Gasteiger partial charge in [0, 0.05) is 15.9 Å². The first kappa shape index (κ1) is 12.4. The lowest BCUT2D eigenvalue weighted by Crippen LogP contribution is -2.10. The van der Waals surface area contributed by atoms with Gasteiger partial charge >= 0.3 is 11.9 Å². The van der Waals surface area contributed by atoms with E-state index in [1.54, 1.807) is 25.1 Å². The van der Waals surface area contributed by atoms with Crippen molar-refractivity contribution in [1.29, 1.82) is 0 Å². The monoisotopic (exact) mass is 267 g/mol. The molecule has 1 aromatic heterocycles. The highest BCUT2D eigenvalue weighted by Crippen LogP contribution is 2.26. The Morgan fingerprint density at radius 3 is 2.78 bits per heavy atom. The molecule has 0 aliphatic rings. The topological polar surface area (TPSA) is 79.4 Å². The van der Waals surface area contributed by atoms with E-state index in [4.69, 9.17) is 21.4 Å². The maximum absolute atomic E-state index is 11.8. The molecule has 94 valence electrons. The minimum Gasteiger partial charge on any atom is -0.477 e. The van der Waals surface area contributed by atoms with Gasteiger partial charge in [-0.3, -0.25) is 0 Å². The zero-order valence-electron chi connectivity index (χ0n) is 9.49. The fourth-order valence-corrected chi connectivity index (χ4v) is 1.92. The lowest BCUT2D eigenvalue weighted by Gasteiger charge is -2.01. The number of rotatable bonds is 3. The number of hydrogen-bond donors (Lipinski definition) is 2. The Labute approximate surface area is 107 Å². The van der Waals surface area contributed by atoms with Crippen LogP contribution in [-0.4, -0.2) is 28.6 Å². The molecule has 2 N–H and O–H groups in total. The van der Waals surface area contributed by atoms with Gasteiger partial charge in [-0.25, -0.2) is 9.59 Å². The molecule has 5 nitrogen and oxygen atoms in total. The minimum absolute atomic E-state index is 0.0241. The molecular formula is C12H10ClNO4. The zero-order chi connectivity index (χ0) is 13.3. The Bertz CT molecular complexity index is 632. The van der Waals surface area contributed by atoms with Gasteiger partial charge < -0.3 is 14.8 Å². The summed E-state index contributed by atoms with van der Waals surface area (Å²) in [5.41, 5.74) is 0.324. The summed E-state index contributed by atoms with van der Waals surface area (Å²) in [4.78, 5) is 25.6. The maximum Gasteiger partial charge on any atom is 0.353 e. The van der Waals surface area contributed by atoms with Crippen LogP contribution >= 0.6 is 11.6 Å².